The lowest BCUT2D eigenvalue weighted by molar-refractivity contribution is -0.140. The maximum Gasteiger partial charge on any atom is 0.293 e. The third kappa shape index (κ3) is 13.5. The van der Waals surface area contributed by atoms with Crippen molar-refractivity contribution < 1.29 is 24.9 Å². The molecule has 1 aromatic carbocycles. The minimum Gasteiger partial charge on any atom is -0.462 e. The molecule has 0 aromatic heterocycles. The van der Waals surface area contributed by atoms with Gasteiger partial charge in [0.1, 0.15) is 9.13 Å². The average Bonchev–Trinajstić information content (AvgIpc) is 2.85. The molecule has 0 aliphatic carbocycles. The van der Waals surface area contributed by atoms with E-state index >= 15 is 0 Å². The maximum absolute atomic E-state index is 11.0. The molecule has 1 unspecified atom stereocenters. The van der Waals surface area contributed by atoms with Crippen LogP contribution in [0.3, 0.4) is 0 Å². The molecule has 1 aromatic rings. The fourth-order valence-electron chi connectivity index (χ4n) is 4.32. The molecule has 3 N–H and O–H groups in total. The van der Waals surface area contributed by atoms with Gasteiger partial charge in [-0.2, -0.15) is 0 Å². The van der Waals surface area contributed by atoms with E-state index in [-0.39, 0.29) is 25.1 Å². The number of rotatable bonds is 20. The SMILES string of the molecule is CCCCSC(=S)SC(CC(C)(C)OC=O)c1ccc(C[P+](CCCO)(CCCO)CCCO)cc1. The van der Waals surface area contributed by atoms with Gasteiger partial charge in [-0.1, -0.05) is 61.6 Å². The Kier molecular flexibility index (Phi) is 17.8. The van der Waals surface area contributed by atoms with Gasteiger partial charge < -0.3 is 20.1 Å². The van der Waals surface area contributed by atoms with Crippen LogP contribution >= 0.6 is 43.0 Å². The Morgan fingerprint density at radius 2 is 1.58 bits per heavy atom. The Balaban J connectivity index is 3.11. The van der Waals surface area contributed by atoms with E-state index in [4.69, 9.17) is 17.0 Å². The number of benzene rings is 1. The van der Waals surface area contributed by atoms with Crippen LogP contribution in [0.4, 0.5) is 0 Å². The van der Waals surface area contributed by atoms with Crippen molar-refractivity contribution in [3.8, 4) is 0 Å². The Morgan fingerprint density at radius 3 is 2.06 bits per heavy atom. The number of hydrogen-bond acceptors (Lipinski definition) is 8. The minimum atomic E-state index is -1.46. The summed E-state index contributed by atoms with van der Waals surface area (Å²) in [5.74, 6) is 1.02. The van der Waals surface area contributed by atoms with Gasteiger partial charge in [-0.05, 0) is 37.1 Å². The fourth-order valence-corrected chi connectivity index (χ4v) is 12.0. The summed E-state index contributed by atoms with van der Waals surface area (Å²) in [7, 11) is -1.46. The van der Waals surface area contributed by atoms with E-state index in [1.807, 2.05) is 13.8 Å². The van der Waals surface area contributed by atoms with Gasteiger partial charge in [0, 0.05) is 58.0 Å². The molecule has 0 radical (unpaired) electrons. The molecule has 0 bridgehead atoms. The zero-order valence-corrected chi connectivity index (χ0v) is 25.5. The number of carbonyl (C=O) groups excluding carboxylic acids is 1. The number of aliphatic hydroxyl groups excluding tert-OH is 3. The van der Waals surface area contributed by atoms with Gasteiger partial charge in [-0.15, -0.1) is 11.8 Å². The van der Waals surface area contributed by atoms with E-state index in [1.165, 1.54) is 5.56 Å². The predicted octanol–water partition coefficient (Wildman–Crippen LogP) is 6.29. The molecule has 36 heavy (non-hydrogen) atoms. The zero-order chi connectivity index (χ0) is 26.9. The molecule has 0 heterocycles. The predicted molar refractivity (Wildman–Crippen MR) is 163 cm³/mol. The van der Waals surface area contributed by atoms with Crippen LogP contribution in [0.15, 0.2) is 24.3 Å². The van der Waals surface area contributed by atoms with Crippen molar-refractivity contribution in [3.05, 3.63) is 35.4 Å². The third-order valence-electron chi connectivity index (χ3n) is 6.24. The van der Waals surface area contributed by atoms with E-state index in [0.717, 1.165) is 71.6 Å². The van der Waals surface area contributed by atoms with Crippen molar-refractivity contribution in [2.45, 2.75) is 76.3 Å². The summed E-state index contributed by atoms with van der Waals surface area (Å²) < 4.78 is 6.28. The van der Waals surface area contributed by atoms with Gasteiger partial charge in [0.2, 0.25) is 0 Å². The van der Waals surface area contributed by atoms with Crippen molar-refractivity contribution in [1.29, 1.82) is 0 Å². The normalized spacial score (nSPS) is 12.9. The summed E-state index contributed by atoms with van der Waals surface area (Å²) in [5.41, 5.74) is 1.82. The first-order valence-electron chi connectivity index (χ1n) is 13.0. The third-order valence-corrected chi connectivity index (χ3v) is 14.0. The van der Waals surface area contributed by atoms with Crippen LogP contribution in [0, 0.1) is 0 Å². The highest BCUT2D eigenvalue weighted by Crippen LogP contribution is 2.62. The molecule has 0 amide bonds. The lowest BCUT2D eigenvalue weighted by Crippen LogP contribution is -2.26. The van der Waals surface area contributed by atoms with Crippen molar-refractivity contribution >= 4 is 53.0 Å². The minimum absolute atomic E-state index is 0.0772. The highest BCUT2D eigenvalue weighted by Gasteiger charge is 2.36. The van der Waals surface area contributed by atoms with Crippen molar-refractivity contribution in [2.24, 2.45) is 0 Å². The standard InChI is InChI=1S/C27H46O5PS3/c1-4-5-19-35-26(34)36-25(20-27(2,3)32-22-31)24-11-9-23(10-12-24)21-33(16-6-13-28,17-7-14-29)18-8-15-30/h9-12,22,25,28-30H,4-8,13-21H2,1-3H3/q+1. The highest BCUT2D eigenvalue weighted by molar-refractivity contribution is 8.47. The van der Waals surface area contributed by atoms with Gasteiger partial charge in [0.25, 0.3) is 6.47 Å². The maximum atomic E-state index is 11.0. The van der Waals surface area contributed by atoms with E-state index in [1.54, 1.807) is 23.5 Å². The quantitative estimate of drug-likeness (QED) is 0.0722. The molecule has 0 aliphatic rings. The van der Waals surface area contributed by atoms with Gasteiger partial charge in [0.05, 0.1) is 24.6 Å². The van der Waals surface area contributed by atoms with Crippen LogP contribution in [-0.4, -0.2) is 75.0 Å². The second-order valence-electron chi connectivity index (χ2n) is 9.88. The zero-order valence-electron chi connectivity index (χ0n) is 22.2. The smallest absolute Gasteiger partial charge is 0.293 e. The van der Waals surface area contributed by atoms with Crippen molar-refractivity contribution in [2.75, 3.05) is 44.1 Å². The van der Waals surface area contributed by atoms with Crippen LogP contribution < -0.4 is 0 Å². The first-order valence-corrected chi connectivity index (χ1v) is 17.8. The first kappa shape index (κ1) is 33.8. The van der Waals surface area contributed by atoms with E-state index in [2.05, 4.69) is 31.2 Å². The number of aliphatic hydroxyl groups is 3. The molecule has 0 spiro atoms. The number of hydrogen-bond donors (Lipinski definition) is 3. The van der Waals surface area contributed by atoms with Crippen molar-refractivity contribution in [3.63, 3.8) is 0 Å². The van der Waals surface area contributed by atoms with E-state index < -0.39 is 12.9 Å². The Labute approximate surface area is 232 Å². The lowest BCUT2D eigenvalue weighted by atomic mass is 9.97. The van der Waals surface area contributed by atoms with Gasteiger partial charge in [-0.25, -0.2) is 0 Å². The fraction of sp³-hybridized carbons (Fsp3) is 0.704. The summed E-state index contributed by atoms with van der Waals surface area (Å²) in [6, 6.07) is 8.72. The first-order chi connectivity index (χ1) is 17.2. The molecule has 0 saturated carbocycles. The van der Waals surface area contributed by atoms with E-state index in [0.29, 0.717) is 12.9 Å². The Morgan fingerprint density at radius 1 is 1.03 bits per heavy atom. The molecule has 9 heteroatoms. The molecular weight excluding hydrogens is 531 g/mol. The molecule has 206 valence electrons. The van der Waals surface area contributed by atoms with Crippen LogP contribution in [0.25, 0.3) is 0 Å². The molecular formula is C27H46O5PS3+. The van der Waals surface area contributed by atoms with Gasteiger partial charge in [-0.3, -0.25) is 4.79 Å². The number of ether oxygens (including phenoxy) is 1. The van der Waals surface area contributed by atoms with Crippen LogP contribution in [0.5, 0.6) is 0 Å². The molecule has 0 saturated heterocycles. The summed E-state index contributed by atoms with van der Waals surface area (Å²) in [5, 5.41) is 28.5. The van der Waals surface area contributed by atoms with Crippen LogP contribution in [-0.2, 0) is 15.7 Å². The lowest BCUT2D eigenvalue weighted by Gasteiger charge is -2.29. The summed E-state index contributed by atoms with van der Waals surface area (Å²) in [4.78, 5) is 11.0. The number of thiocarbonyl (C=S) groups is 1. The second-order valence-corrected chi connectivity index (χ2v) is 17.7. The average molecular weight is 578 g/mol. The number of unbranched alkanes of at least 4 members (excludes halogenated alkanes) is 1. The molecule has 5 nitrogen and oxygen atoms in total. The highest BCUT2D eigenvalue weighted by atomic mass is 32.2. The summed E-state index contributed by atoms with van der Waals surface area (Å²) >= 11 is 9.07. The summed E-state index contributed by atoms with van der Waals surface area (Å²) in [6.07, 6.45) is 9.11. The molecule has 0 aliphatic heterocycles. The summed E-state index contributed by atoms with van der Waals surface area (Å²) in [6.45, 7) is 7.08. The van der Waals surface area contributed by atoms with Crippen molar-refractivity contribution in [1.82, 2.24) is 0 Å². The van der Waals surface area contributed by atoms with Gasteiger partial charge >= 0.3 is 0 Å². The Bertz CT molecular complexity index is 724. The van der Waals surface area contributed by atoms with Crippen LogP contribution in [0.1, 0.15) is 75.7 Å². The van der Waals surface area contributed by atoms with Crippen LogP contribution in [0.2, 0.25) is 0 Å². The number of thioether (sulfide) groups is 2. The second kappa shape index (κ2) is 18.9. The molecule has 1 rings (SSSR count). The number of carbonyl (C=O) groups is 1. The van der Waals surface area contributed by atoms with E-state index in [9.17, 15) is 20.1 Å². The topological polar surface area (TPSA) is 87.0 Å². The van der Waals surface area contributed by atoms with Gasteiger partial charge in [0.15, 0.2) is 0 Å². The Hall–Kier alpha value is -0.210. The molecule has 1 atom stereocenters. The monoisotopic (exact) mass is 577 g/mol. The largest absolute Gasteiger partial charge is 0.462 e. The molecule has 0 fully saturated rings.